The van der Waals surface area contributed by atoms with Crippen LogP contribution in [0.15, 0.2) is 12.4 Å². The number of hydrogen-bond acceptors (Lipinski definition) is 3. The zero-order chi connectivity index (χ0) is 12.0. The van der Waals surface area contributed by atoms with Crippen LogP contribution in [0.2, 0.25) is 0 Å². The first-order valence-electron chi connectivity index (χ1n) is 6.13. The van der Waals surface area contributed by atoms with Gasteiger partial charge in [-0.2, -0.15) is 0 Å². The van der Waals surface area contributed by atoms with Crippen molar-refractivity contribution in [1.29, 1.82) is 0 Å². The highest BCUT2D eigenvalue weighted by atomic mass is 14.9. The summed E-state index contributed by atoms with van der Waals surface area (Å²) >= 11 is 0. The average molecular weight is 221 g/mol. The number of nitrogens with one attached hydrogen (secondary N) is 1. The van der Waals surface area contributed by atoms with Crippen LogP contribution < -0.4 is 5.32 Å². The zero-order valence-electron chi connectivity index (χ0n) is 10.8. The Balaban J connectivity index is 2.63. The standard InChI is InChI=1S/C13H23N3/c1-5-6-10(2)7-12(14-4)13-9-15-11(3)8-16-13/h8-10,12,14H,5-7H2,1-4H3. The third-order valence-corrected chi connectivity index (χ3v) is 2.93. The minimum Gasteiger partial charge on any atom is -0.312 e. The summed E-state index contributed by atoms with van der Waals surface area (Å²) in [5.41, 5.74) is 2.02. The molecule has 1 aromatic rings. The summed E-state index contributed by atoms with van der Waals surface area (Å²) in [7, 11) is 1.99. The summed E-state index contributed by atoms with van der Waals surface area (Å²) in [6.45, 7) is 6.50. The third-order valence-electron chi connectivity index (χ3n) is 2.93. The molecule has 2 atom stereocenters. The van der Waals surface area contributed by atoms with E-state index < -0.39 is 0 Å². The second kappa shape index (κ2) is 6.59. The first kappa shape index (κ1) is 13.1. The number of hydrogen-bond donors (Lipinski definition) is 1. The molecular weight excluding hydrogens is 198 g/mol. The number of rotatable bonds is 6. The van der Waals surface area contributed by atoms with Gasteiger partial charge in [0.15, 0.2) is 0 Å². The third kappa shape index (κ3) is 3.89. The molecule has 3 nitrogen and oxygen atoms in total. The van der Waals surface area contributed by atoms with Crippen LogP contribution >= 0.6 is 0 Å². The van der Waals surface area contributed by atoms with Crippen LogP contribution in [0.1, 0.15) is 50.5 Å². The fraction of sp³-hybridized carbons (Fsp3) is 0.692. The summed E-state index contributed by atoms with van der Waals surface area (Å²) < 4.78 is 0. The Morgan fingerprint density at radius 1 is 1.31 bits per heavy atom. The molecular formula is C13H23N3. The van der Waals surface area contributed by atoms with E-state index in [-0.39, 0.29) is 0 Å². The van der Waals surface area contributed by atoms with Gasteiger partial charge in [-0.3, -0.25) is 9.97 Å². The second-order valence-corrected chi connectivity index (χ2v) is 4.55. The van der Waals surface area contributed by atoms with Crippen LogP contribution in [0.3, 0.4) is 0 Å². The maximum absolute atomic E-state index is 4.44. The van der Waals surface area contributed by atoms with Gasteiger partial charge in [0.05, 0.1) is 23.6 Å². The van der Waals surface area contributed by atoms with Gasteiger partial charge < -0.3 is 5.32 Å². The largest absolute Gasteiger partial charge is 0.312 e. The molecule has 0 fully saturated rings. The Labute approximate surface area is 98.7 Å². The molecule has 0 saturated heterocycles. The molecule has 3 heteroatoms. The molecule has 0 aromatic carbocycles. The highest BCUT2D eigenvalue weighted by Crippen LogP contribution is 2.21. The summed E-state index contributed by atoms with van der Waals surface area (Å²) in [6, 6.07) is 0.328. The van der Waals surface area contributed by atoms with Gasteiger partial charge in [-0.05, 0) is 26.3 Å². The normalized spacial score (nSPS) is 14.8. The first-order valence-corrected chi connectivity index (χ1v) is 6.13. The van der Waals surface area contributed by atoms with Gasteiger partial charge in [0.2, 0.25) is 0 Å². The van der Waals surface area contributed by atoms with Crippen LogP contribution in [-0.2, 0) is 0 Å². The Hall–Kier alpha value is -0.960. The molecule has 1 N–H and O–H groups in total. The summed E-state index contributed by atoms with van der Waals surface area (Å²) in [6.07, 6.45) is 7.37. The lowest BCUT2D eigenvalue weighted by atomic mass is 9.96. The van der Waals surface area contributed by atoms with Crippen LogP contribution in [0.4, 0.5) is 0 Å². The number of aryl methyl sites for hydroxylation is 1. The Kier molecular flexibility index (Phi) is 5.39. The molecule has 0 bridgehead atoms. The van der Waals surface area contributed by atoms with Crippen LogP contribution in [-0.4, -0.2) is 17.0 Å². The molecule has 1 heterocycles. The lowest BCUT2D eigenvalue weighted by Gasteiger charge is -2.19. The highest BCUT2D eigenvalue weighted by Gasteiger charge is 2.14. The van der Waals surface area contributed by atoms with Crippen molar-refractivity contribution in [3.8, 4) is 0 Å². The smallest absolute Gasteiger partial charge is 0.0756 e. The molecule has 90 valence electrons. The van der Waals surface area contributed by atoms with E-state index in [2.05, 4.69) is 29.1 Å². The maximum Gasteiger partial charge on any atom is 0.0756 e. The minimum absolute atomic E-state index is 0.328. The predicted octanol–water partition coefficient (Wildman–Crippen LogP) is 2.87. The first-order chi connectivity index (χ1) is 7.67. The van der Waals surface area contributed by atoms with E-state index in [1.807, 2.05) is 26.4 Å². The van der Waals surface area contributed by atoms with E-state index >= 15 is 0 Å². The van der Waals surface area contributed by atoms with Gasteiger partial charge >= 0.3 is 0 Å². The van der Waals surface area contributed by atoms with Gasteiger partial charge in [0.25, 0.3) is 0 Å². The second-order valence-electron chi connectivity index (χ2n) is 4.55. The lowest BCUT2D eigenvalue weighted by molar-refractivity contribution is 0.401. The van der Waals surface area contributed by atoms with Crippen molar-refractivity contribution in [2.24, 2.45) is 5.92 Å². The fourth-order valence-electron chi connectivity index (χ4n) is 1.98. The summed E-state index contributed by atoms with van der Waals surface area (Å²) in [4.78, 5) is 8.74. The van der Waals surface area contributed by atoms with Crippen molar-refractivity contribution >= 4 is 0 Å². The van der Waals surface area contributed by atoms with Crippen molar-refractivity contribution in [2.45, 2.75) is 46.1 Å². The van der Waals surface area contributed by atoms with Gasteiger partial charge in [-0.1, -0.05) is 26.7 Å². The van der Waals surface area contributed by atoms with Gasteiger partial charge in [-0.15, -0.1) is 0 Å². The van der Waals surface area contributed by atoms with E-state index in [0.717, 1.165) is 23.7 Å². The van der Waals surface area contributed by atoms with Gasteiger partial charge in [0, 0.05) is 6.20 Å². The van der Waals surface area contributed by atoms with Gasteiger partial charge in [-0.25, -0.2) is 0 Å². The SMILES string of the molecule is CCCC(C)CC(NC)c1cnc(C)cn1. The van der Waals surface area contributed by atoms with Crippen molar-refractivity contribution in [1.82, 2.24) is 15.3 Å². The molecule has 16 heavy (non-hydrogen) atoms. The molecule has 1 rings (SSSR count). The van der Waals surface area contributed by atoms with Crippen molar-refractivity contribution in [3.05, 3.63) is 23.8 Å². The Morgan fingerprint density at radius 3 is 2.56 bits per heavy atom. The van der Waals surface area contributed by atoms with E-state index in [4.69, 9.17) is 0 Å². The summed E-state index contributed by atoms with van der Waals surface area (Å²) in [5.74, 6) is 0.727. The van der Waals surface area contributed by atoms with Crippen LogP contribution in [0.25, 0.3) is 0 Å². The molecule has 0 aliphatic carbocycles. The summed E-state index contributed by atoms with van der Waals surface area (Å²) in [5, 5.41) is 3.32. The Bertz CT molecular complexity index is 295. The minimum atomic E-state index is 0.328. The van der Waals surface area contributed by atoms with E-state index in [0.29, 0.717) is 6.04 Å². The molecule has 1 aromatic heterocycles. The van der Waals surface area contributed by atoms with Crippen molar-refractivity contribution < 1.29 is 0 Å². The number of nitrogens with zero attached hydrogens (tertiary/aromatic N) is 2. The Morgan fingerprint density at radius 2 is 2.06 bits per heavy atom. The molecule has 0 amide bonds. The molecule has 0 aliphatic rings. The topological polar surface area (TPSA) is 37.8 Å². The average Bonchev–Trinajstić information content (AvgIpc) is 2.27. The highest BCUT2D eigenvalue weighted by molar-refractivity contribution is 5.05. The molecule has 0 saturated carbocycles. The zero-order valence-corrected chi connectivity index (χ0v) is 10.8. The van der Waals surface area contributed by atoms with E-state index in [9.17, 15) is 0 Å². The molecule has 0 aliphatic heterocycles. The maximum atomic E-state index is 4.44. The fourth-order valence-corrected chi connectivity index (χ4v) is 1.98. The van der Waals surface area contributed by atoms with Crippen LogP contribution in [0.5, 0.6) is 0 Å². The number of aromatic nitrogens is 2. The van der Waals surface area contributed by atoms with Crippen molar-refractivity contribution in [2.75, 3.05) is 7.05 Å². The lowest BCUT2D eigenvalue weighted by Crippen LogP contribution is -2.20. The predicted molar refractivity (Wildman–Crippen MR) is 67.3 cm³/mol. The monoisotopic (exact) mass is 221 g/mol. The molecule has 0 spiro atoms. The quantitative estimate of drug-likeness (QED) is 0.802. The molecule has 2 unspecified atom stereocenters. The van der Waals surface area contributed by atoms with E-state index in [1.165, 1.54) is 12.8 Å². The van der Waals surface area contributed by atoms with Crippen molar-refractivity contribution in [3.63, 3.8) is 0 Å². The van der Waals surface area contributed by atoms with Gasteiger partial charge in [0.1, 0.15) is 0 Å². The van der Waals surface area contributed by atoms with Crippen LogP contribution in [0, 0.1) is 12.8 Å². The molecule has 0 radical (unpaired) electrons. The van der Waals surface area contributed by atoms with E-state index in [1.54, 1.807) is 0 Å².